The van der Waals surface area contributed by atoms with Crippen molar-refractivity contribution in [2.45, 2.75) is 24.6 Å². The molecule has 1 aliphatic rings. The zero-order chi connectivity index (χ0) is 13.9. The molecule has 0 atom stereocenters. The van der Waals surface area contributed by atoms with Gasteiger partial charge in [0.1, 0.15) is 0 Å². The Bertz CT molecular complexity index is 524. The fourth-order valence-corrected chi connectivity index (χ4v) is 3.89. The quantitative estimate of drug-likeness (QED) is 0.844. The Kier molecular flexibility index (Phi) is 4.44. The zero-order valence-corrected chi connectivity index (χ0v) is 11.9. The molecule has 19 heavy (non-hydrogen) atoms. The average Bonchev–Trinajstić information content (AvgIpc) is 2.39. The number of hydrogen-bond donors (Lipinski definition) is 1. The molecule has 106 valence electrons. The largest absolute Gasteiger partial charge is 0.399 e. The van der Waals surface area contributed by atoms with Gasteiger partial charge in [-0.15, -0.1) is 0 Å². The Hall–Kier alpha value is -1.11. The van der Waals surface area contributed by atoms with Crippen LogP contribution in [-0.2, 0) is 21.3 Å². The summed E-state index contributed by atoms with van der Waals surface area (Å²) in [7, 11) is -1.64. The standard InChI is InChI=1S/C13H20N2O3S/c1-15(10-11-3-2-4-12(14)9-11)19(16,17)13-5-7-18-8-6-13/h2-4,9,13H,5-8,10,14H2,1H3. The van der Waals surface area contributed by atoms with Crippen LogP contribution in [0.4, 0.5) is 5.69 Å². The van der Waals surface area contributed by atoms with Crippen molar-refractivity contribution in [1.29, 1.82) is 0 Å². The first-order chi connectivity index (χ1) is 9.00. The molecule has 1 aliphatic heterocycles. The fourth-order valence-electron chi connectivity index (χ4n) is 2.27. The third kappa shape index (κ3) is 3.46. The van der Waals surface area contributed by atoms with E-state index in [0.29, 0.717) is 38.3 Å². The molecule has 1 saturated heterocycles. The lowest BCUT2D eigenvalue weighted by Crippen LogP contribution is -2.38. The topological polar surface area (TPSA) is 72.6 Å². The predicted molar refractivity (Wildman–Crippen MR) is 75.1 cm³/mol. The van der Waals surface area contributed by atoms with Crippen LogP contribution in [0, 0.1) is 0 Å². The van der Waals surface area contributed by atoms with Crippen molar-refractivity contribution in [2.24, 2.45) is 0 Å². The van der Waals surface area contributed by atoms with Gasteiger partial charge in [0, 0.05) is 32.5 Å². The maximum atomic E-state index is 12.4. The van der Waals surface area contributed by atoms with E-state index in [9.17, 15) is 8.42 Å². The first-order valence-electron chi connectivity index (χ1n) is 6.37. The maximum absolute atomic E-state index is 12.4. The van der Waals surface area contributed by atoms with Crippen LogP contribution < -0.4 is 5.73 Å². The van der Waals surface area contributed by atoms with Gasteiger partial charge < -0.3 is 10.5 Å². The molecule has 1 aromatic rings. The molecular weight excluding hydrogens is 264 g/mol. The summed E-state index contributed by atoms with van der Waals surface area (Å²) in [6.07, 6.45) is 1.15. The number of anilines is 1. The third-order valence-electron chi connectivity index (χ3n) is 3.38. The first kappa shape index (κ1) is 14.3. The van der Waals surface area contributed by atoms with Crippen LogP contribution in [0.3, 0.4) is 0 Å². The second kappa shape index (κ2) is 5.90. The summed E-state index contributed by atoms with van der Waals surface area (Å²) >= 11 is 0. The molecule has 1 fully saturated rings. The first-order valence-corrected chi connectivity index (χ1v) is 7.88. The molecule has 0 spiro atoms. The number of sulfonamides is 1. The minimum Gasteiger partial charge on any atom is -0.399 e. The summed E-state index contributed by atoms with van der Waals surface area (Å²) < 4.78 is 31.5. The van der Waals surface area contributed by atoms with Crippen molar-refractivity contribution >= 4 is 15.7 Å². The summed E-state index contributed by atoms with van der Waals surface area (Å²) in [5, 5.41) is -0.327. The Morgan fingerprint density at radius 2 is 2.05 bits per heavy atom. The highest BCUT2D eigenvalue weighted by atomic mass is 32.2. The second-order valence-corrected chi connectivity index (χ2v) is 7.18. The van der Waals surface area contributed by atoms with Crippen LogP contribution in [0.25, 0.3) is 0 Å². The SMILES string of the molecule is CN(Cc1cccc(N)c1)S(=O)(=O)C1CCOCC1. The number of nitrogen functional groups attached to an aromatic ring is 1. The molecule has 0 unspecified atom stereocenters. The van der Waals surface area contributed by atoms with E-state index >= 15 is 0 Å². The van der Waals surface area contributed by atoms with Crippen LogP contribution >= 0.6 is 0 Å². The smallest absolute Gasteiger partial charge is 0.217 e. The van der Waals surface area contributed by atoms with Gasteiger partial charge in [0.2, 0.25) is 10.0 Å². The molecule has 0 saturated carbocycles. The summed E-state index contributed by atoms with van der Waals surface area (Å²) in [6.45, 7) is 1.40. The monoisotopic (exact) mass is 284 g/mol. The number of rotatable bonds is 4. The van der Waals surface area contributed by atoms with Crippen molar-refractivity contribution in [3.05, 3.63) is 29.8 Å². The van der Waals surface area contributed by atoms with Gasteiger partial charge in [0.05, 0.1) is 5.25 Å². The van der Waals surface area contributed by atoms with Crippen molar-refractivity contribution in [3.63, 3.8) is 0 Å². The normalized spacial score (nSPS) is 17.8. The van der Waals surface area contributed by atoms with Gasteiger partial charge >= 0.3 is 0 Å². The van der Waals surface area contributed by atoms with E-state index in [1.807, 2.05) is 12.1 Å². The Balaban J connectivity index is 2.07. The average molecular weight is 284 g/mol. The lowest BCUT2D eigenvalue weighted by atomic mass is 10.2. The van der Waals surface area contributed by atoms with Crippen molar-refractivity contribution in [3.8, 4) is 0 Å². The van der Waals surface area contributed by atoms with Crippen LogP contribution in [0.15, 0.2) is 24.3 Å². The van der Waals surface area contributed by atoms with E-state index in [0.717, 1.165) is 5.56 Å². The highest BCUT2D eigenvalue weighted by Gasteiger charge is 2.31. The van der Waals surface area contributed by atoms with E-state index in [-0.39, 0.29) is 5.25 Å². The molecule has 0 aliphatic carbocycles. The van der Waals surface area contributed by atoms with Crippen molar-refractivity contribution in [2.75, 3.05) is 26.0 Å². The number of benzene rings is 1. The minimum atomic E-state index is -3.26. The number of hydrogen-bond acceptors (Lipinski definition) is 4. The molecule has 0 amide bonds. The van der Waals surface area contributed by atoms with Gasteiger partial charge in [-0.2, -0.15) is 0 Å². The molecule has 2 rings (SSSR count). The van der Waals surface area contributed by atoms with Gasteiger partial charge in [0.25, 0.3) is 0 Å². The van der Waals surface area contributed by atoms with Crippen LogP contribution in [0.5, 0.6) is 0 Å². The number of ether oxygens (including phenoxy) is 1. The fraction of sp³-hybridized carbons (Fsp3) is 0.538. The van der Waals surface area contributed by atoms with Gasteiger partial charge in [-0.1, -0.05) is 12.1 Å². The van der Waals surface area contributed by atoms with E-state index in [2.05, 4.69) is 0 Å². The lowest BCUT2D eigenvalue weighted by Gasteiger charge is -2.27. The maximum Gasteiger partial charge on any atom is 0.217 e. The lowest BCUT2D eigenvalue weighted by molar-refractivity contribution is 0.0973. The molecule has 0 aromatic heterocycles. The molecule has 1 aromatic carbocycles. The summed E-state index contributed by atoms with van der Waals surface area (Å²) in [4.78, 5) is 0. The Morgan fingerprint density at radius 1 is 1.37 bits per heavy atom. The Morgan fingerprint density at radius 3 is 2.68 bits per heavy atom. The van der Waals surface area contributed by atoms with E-state index in [1.165, 1.54) is 4.31 Å². The molecule has 2 N–H and O–H groups in total. The molecule has 0 radical (unpaired) electrons. The van der Waals surface area contributed by atoms with Crippen LogP contribution in [-0.4, -0.2) is 38.2 Å². The Labute approximate surface area is 114 Å². The minimum absolute atomic E-state index is 0.327. The summed E-state index contributed by atoms with van der Waals surface area (Å²) in [5.74, 6) is 0. The molecular formula is C13H20N2O3S. The van der Waals surface area contributed by atoms with Crippen molar-refractivity contribution in [1.82, 2.24) is 4.31 Å². The van der Waals surface area contributed by atoms with E-state index < -0.39 is 10.0 Å². The molecule has 6 heteroatoms. The van der Waals surface area contributed by atoms with Gasteiger partial charge in [-0.05, 0) is 30.5 Å². The van der Waals surface area contributed by atoms with Gasteiger partial charge in [-0.3, -0.25) is 0 Å². The summed E-state index contributed by atoms with van der Waals surface area (Å²) in [5.41, 5.74) is 7.25. The molecule has 0 bridgehead atoms. The van der Waals surface area contributed by atoms with Crippen LogP contribution in [0.1, 0.15) is 18.4 Å². The highest BCUT2D eigenvalue weighted by molar-refractivity contribution is 7.89. The highest BCUT2D eigenvalue weighted by Crippen LogP contribution is 2.20. The third-order valence-corrected chi connectivity index (χ3v) is 5.69. The molecule has 5 nitrogen and oxygen atoms in total. The van der Waals surface area contributed by atoms with Gasteiger partial charge in [-0.25, -0.2) is 12.7 Å². The number of nitrogens with two attached hydrogens (primary N) is 1. The van der Waals surface area contributed by atoms with Gasteiger partial charge in [0.15, 0.2) is 0 Å². The second-order valence-electron chi connectivity index (χ2n) is 4.86. The predicted octanol–water partition coefficient (Wildman–Crippen LogP) is 1.21. The molecule has 1 heterocycles. The summed E-state index contributed by atoms with van der Waals surface area (Å²) in [6, 6.07) is 7.30. The van der Waals surface area contributed by atoms with Crippen molar-refractivity contribution < 1.29 is 13.2 Å². The van der Waals surface area contributed by atoms with E-state index in [1.54, 1.807) is 19.2 Å². The van der Waals surface area contributed by atoms with Crippen LogP contribution in [0.2, 0.25) is 0 Å². The van der Waals surface area contributed by atoms with E-state index in [4.69, 9.17) is 10.5 Å². The number of nitrogens with zero attached hydrogens (tertiary/aromatic N) is 1. The zero-order valence-electron chi connectivity index (χ0n) is 11.1.